The first-order valence-electron chi connectivity index (χ1n) is 10.7. The van der Waals surface area contributed by atoms with E-state index < -0.39 is 0 Å². The van der Waals surface area contributed by atoms with Crippen molar-refractivity contribution in [1.29, 1.82) is 0 Å². The van der Waals surface area contributed by atoms with E-state index in [1.165, 1.54) is 12.7 Å². The van der Waals surface area contributed by atoms with E-state index in [4.69, 9.17) is 16.3 Å². The number of benzene rings is 2. The van der Waals surface area contributed by atoms with Crippen LogP contribution in [0.5, 0.6) is 5.75 Å². The number of carbonyl (C=O) groups excluding carboxylic acids is 2. The predicted octanol–water partition coefficient (Wildman–Crippen LogP) is 4.26. The minimum absolute atomic E-state index is 0.0419. The zero-order chi connectivity index (χ0) is 22.0. The molecule has 164 valence electrons. The molecule has 1 saturated carbocycles. The molecule has 0 bridgehead atoms. The number of halogens is 1. The summed E-state index contributed by atoms with van der Waals surface area (Å²) >= 11 is 6.36. The molecule has 2 aliphatic rings. The molecule has 0 unspecified atom stereocenters. The predicted molar refractivity (Wildman–Crippen MR) is 122 cm³/mol. The molecule has 0 aromatic heterocycles. The van der Waals surface area contributed by atoms with Crippen molar-refractivity contribution >= 4 is 29.1 Å². The number of hydrogen-bond acceptors (Lipinski definition) is 4. The van der Waals surface area contributed by atoms with Gasteiger partial charge < -0.3 is 15.4 Å². The fourth-order valence-corrected chi connectivity index (χ4v) is 4.25. The van der Waals surface area contributed by atoms with Crippen LogP contribution in [0.2, 0.25) is 5.02 Å². The van der Waals surface area contributed by atoms with E-state index in [0.717, 1.165) is 32.4 Å². The number of ether oxygens (including phenoxy) is 1. The fraction of sp³-hybridized carbons (Fsp3) is 0.417. The maximum atomic E-state index is 13.0. The molecule has 2 N–H and O–H groups in total. The number of nitrogens with zero attached hydrogens (tertiary/aromatic N) is 1. The van der Waals surface area contributed by atoms with Crippen LogP contribution in [-0.2, 0) is 4.79 Å². The van der Waals surface area contributed by atoms with Gasteiger partial charge in [0.1, 0.15) is 5.75 Å². The molecule has 1 aliphatic carbocycles. The monoisotopic (exact) mass is 441 g/mol. The third-order valence-corrected chi connectivity index (χ3v) is 6.44. The molecule has 2 amide bonds. The van der Waals surface area contributed by atoms with Crippen LogP contribution in [0, 0.1) is 5.92 Å². The summed E-state index contributed by atoms with van der Waals surface area (Å²) in [5.41, 5.74) is 2.11. The van der Waals surface area contributed by atoms with Gasteiger partial charge in [-0.2, -0.15) is 0 Å². The van der Waals surface area contributed by atoms with Crippen molar-refractivity contribution in [2.24, 2.45) is 5.92 Å². The highest BCUT2D eigenvalue weighted by atomic mass is 35.5. The fourth-order valence-electron chi connectivity index (χ4n) is 4.04. The molecule has 1 aliphatic heterocycles. The lowest BCUT2D eigenvalue weighted by Gasteiger charge is -2.25. The molecule has 6 nitrogen and oxygen atoms in total. The van der Waals surface area contributed by atoms with Crippen molar-refractivity contribution in [3.63, 3.8) is 0 Å². The number of amides is 2. The minimum atomic E-state index is -0.224. The first-order chi connectivity index (χ1) is 15.0. The largest absolute Gasteiger partial charge is 0.496 e. The highest BCUT2D eigenvalue weighted by Gasteiger charge is 2.31. The van der Waals surface area contributed by atoms with Gasteiger partial charge in [-0.25, -0.2) is 0 Å². The van der Waals surface area contributed by atoms with Gasteiger partial charge in [0, 0.05) is 37.2 Å². The van der Waals surface area contributed by atoms with Gasteiger partial charge in [0.2, 0.25) is 5.91 Å². The lowest BCUT2D eigenvalue weighted by Crippen LogP contribution is -2.37. The highest BCUT2D eigenvalue weighted by molar-refractivity contribution is 6.34. The van der Waals surface area contributed by atoms with E-state index in [2.05, 4.69) is 34.6 Å². The number of nitrogens with one attached hydrogen (secondary N) is 2. The van der Waals surface area contributed by atoms with E-state index in [9.17, 15) is 9.59 Å². The highest BCUT2D eigenvalue weighted by Crippen LogP contribution is 2.35. The van der Waals surface area contributed by atoms with Crippen LogP contribution in [0.3, 0.4) is 0 Å². The Labute approximate surface area is 187 Å². The normalized spacial score (nSPS) is 19.6. The van der Waals surface area contributed by atoms with Crippen LogP contribution in [0.15, 0.2) is 42.5 Å². The summed E-state index contributed by atoms with van der Waals surface area (Å²) in [4.78, 5) is 27.4. The molecule has 1 saturated heterocycles. The summed E-state index contributed by atoms with van der Waals surface area (Å²) in [6.45, 7) is 3.90. The first kappa shape index (κ1) is 21.7. The molecule has 0 spiro atoms. The summed E-state index contributed by atoms with van der Waals surface area (Å²) in [6.07, 6.45) is 2.69. The maximum absolute atomic E-state index is 13.0. The third-order valence-electron chi connectivity index (χ3n) is 6.12. The quantitative estimate of drug-likeness (QED) is 0.673. The van der Waals surface area contributed by atoms with Crippen LogP contribution >= 0.6 is 11.6 Å². The number of anilines is 1. The van der Waals surface area contributed by atoms with E-state index >= 15 is 0 Å². The third kappa shape index (κ3) is 5.02. The Balaban J connectivity index is 1.41. The van der Waals surface area contributed by atoms with E-state index in [-0.39, 0.29) is 23.8 Å². The number of hydrogen-bond donors (Lipinski definition) is 2. The Morgan fingerprint density at radius 3 is 2.58 bits per heavy atom. The van der Waals surface area contributed by atoms with E-state index in [0.29, 0.717) is 28.1 Å². The summed E-state index contributed by atoms with van der Waals surface area (Å²) in [5.74, 6) is 0.187. The van der Waals surface area contributed by atoms with Gasteiger partial charge in [-0.15, -0.1) is 0 Å². The van der Waals surface area contributed by atoms with Crippen LogP contribution in [-0.4, -0.2) is 43.0 Å². The van der Waals surface area contributed by atoms with Crippen molar-refractivity contribution in [3.05, 3.63) is 58.6 Å². The first-order valence-corrected chi connectivity index (χ1v) is 11.1. The maximum Gasteiger partial charge on any atom is 0.255 e. The lowest BCUT2D eigenvalue weighted by molar-refractivity contribution is -0.117. The van der Waals surface area contributed by atoms with Crippen molar-refractivity contribution < 1.29 is 14.3 Å². The second-order valence-electron chi connectivity index (χ2n) is 8.34. The van der Waals surface area contributed by atoms with Crippen molar-refractivity contribution in [2.45, 2.75) is 38.3 Å². The van der Waals surface area contributed by atoms with Gasteiger partial charge in [0.15, 0.2) is 0 Å². The summed E-state index contributed by atoms with van der Waals surface area (Å²) in [5, 5.41) is 6.27. The van der Waals surface area contributed by atoms with Gasteiger partial charge in [-0.1, -0.05) is 41.9 Å². The number of rotatable bonds is 7. The topological polar surface area (TPSA) is 70.7 Å². The number of carbonyl (C=O) groups is 2. The second-order valence-corrected chi connectivity index (χ2v) is 8.74. The molecule has 7 heteroatoms. The summed E-state index contributed by atoms with van der Waals surface area (Å²) in [6, 6.07) is 13.9. The molecule has 2 aromatic carbocycles. The SMILES string of the molecule is COc1cc(NC(=O)C2CC2)c(Cl)cc1C(=O)N[C@H]1CCN([C@@H](C)c2ccccc2)C1. The Bertz CT molecular complexity index is 962. The van der Waals surface area contributed by atoms with Gasteiger partial charge >= 0.3 is 0 Å². The van der Waals surface area contributed by atoms with E-state index in [1.54, 1.807) is 12.1 Å². The van der Waals surface area contributed by atoms with Gasteiger partial charge in [0.05, 0.1) is 23.4 Å². The van der Waals surface area contributed by atoms with Gasteiger partial charge in [-0.3, -0.25) is 14.5 Å². The minimum Gasteiger partial charge on any atom is -0.496 e. The van der Waals surface area contributed by atoms with Crippen LogP contribution < -0.4 is 15.4 Å². The Hall–Kier alpha value is -2.57. The smallest absolute Gasteiger partial charge is 0.255 e. The molecule has 2 aromatic rings. The number of likely N-dealkylation sites (tertiary alicyclic amines) is 1. The average molecular weight is 442 g/mol. The average Bonchev–Trinajstić information content (AvgIpc) is 3.54. The zero-order valence-electron chi connectivity index (χ0n) is 17.9. The van der Waals surface area contributed by atoms with E-state index in [1.807, 2.05) is 18.2 Å². The Kier molecular flexibility index (Phi) is 6.49. The molecular formula is C24H28ClN3O3. The van der Waals surface area contributed by atoms with Gasteiger partial charge in [0.25, 0.3) is 5.91 Å². The molecule has 0 radical (unpaired) electrons. The molecule has 1 heterocycles. The van der Waals surface area contributed by atoms with Crippen molar-refractivity contribution in [2.75, 3.05) is 25.5 Å². The van der Waals surface area contributed by atoms with Crippen molar-refractivity contribution in [3.8, 4) is 5.75 Å². The van der Waals surface area contributed by atoms with Crippen LogP contribution in [0.1, 0.15) is 48.1 Å². The number of methoxy groups -OCH3 is 1. The zero-order valence-corrected chi connectivity index (χ0v) is 18.6. The second kappa shape index (κ2) is 9.28. The molecule has 4 rings (SSSR count). The van der Waals surface area contributed by atoms with Crippen LogP contribution in [0.4, 0.5) is 5.69 Å². The Morgan fingerprint density at radius 2 is 1.90 bits per heavy atom. The standard InChI is InChI=1S/C24H28ClN3O3/c1-15(16-6-4-3-5-7-16)28-11-10-18(14-28)26-24(30)19-12-20(25)21(13-22(19)31-2)27-23(29)17-8-9-17/h3-7,12-13,15,17-18H,8-11,14H2,1-2H3,(H,26,30)(H,27,29)/t15-,18-/m0/s1. The molecule has 31 heavy (non-hydrogen) atoms. The molecule has 2 atom stereocenters. The molecule has 2 fully saturated rings. The van der Waals surface area contributed by atoms with Crippen molar-refractivity contribution in [1.82, 2.24) is 10.2 Å². The van der Waals surface area contributed by atoms with Crippen LogP contribution in [0.25, 0.3) is 0 Å². The summed E-state index contributed by atoms with van der Waals surface area (Å²) < 4.78 is 5.42. The summed E-state index contributed by atoms with van der Waals surface area (Å²) in [7, 11) is 1.51. The lowest BCUT2D eigenvalue weighted by atomic mass is 10.1. The Morgan fingerprint density at radius 1 is 1.16 bits per heavy atom. The molecular weight excluding hydrogens is 414 g/mol. The van der Waals surface area contributed by atoms with Gasteiger partial charge in [-0.05, 0) is 37.8 Å².